The molecule has 0 bridgehead atoms. The molecule has 17 heavy (non-hydrogen) atoms. The second-order valence-electron chi connectivity index (χ2n) is 5.77. The second-order valence-corrected chi connectivity index (χ2v) is 5.77. The SMILES string of the molecule is CC1C(=O)N(C(C)(C)C)CC(C(=O)O)CN1C. The molecule has 1 N–H and O–H groups in total. The van der Waals surface area contributed by atoms with Crippen LogP contribution in [0.2, 0.25) is 0 Å². The van der Waals surface area contributed by atoms with Crippen molar-refractivity contribution in [2.75, 3.05) is 20.1 Å². The molecular weight excluding hydrogens is 220 g/mol. The molecule has 0 saturated carbocycles. The number of carboxylic acid groups (broad SMARTS) is 1. The number of hydrogen-bond acceptors (Lipinski definition) is 3. The van der Waals surface area contributed by atoms with Crippen molar-refractivity contribution < 1.29 is 14.7 Å². The summed E-state index contributed by atoms with van der Waals surface area (Å²) in [4.78, 5) is 26.9. The van der Waals surface area contributed by atoms with Crippen molar-refractivity contribution in [1.82, 2.24) is 9.80 Å². The third-order valence-electron chi connectivity index (χ3n) is 3.35. The van der Waals surface area contributed by atoms with Gasteiger partial charge in [-0.3, -0.25) is 14.5 Å². The third-order valence-corrected chi connectivity index (χ3v) is 3.35. The molecule has 0 radical (unpaired) electrons. The van der Waals surface area contributed by atoms with E-state index in [1.54, 1.807) is 11.9 Å². The van der Waals surface area contributed by atoms with Crippen molar-refractivity contribution in [2.24, 2.45) is 5.92 Å². The largest absolute Gasteiger partial charge is 0.481 e. The van der Waals surface area contributed by atoms with Gasteiger partial charge in [0.05, 0.1) is 12.0 Å². The Morgan fingerprint density at radius 1 is 1.35 bits per heavy atom. The van der Waals surface area contributed by atoms with E-state index in [1.807, 2.05) is 32.6 Å². The zero-order valence-electron chi connectivity index (χ0n) is 11.2. The molecule has 1 heterocycles. The van der Waals surface area contributed by atoms with Crippen LogP contribution in [0.25, 0.3) is 0 Å². The third kappa shape index (κ3) is 2.97. The van der Waals surface area contributed by atoms with Crippen molar-refractivity contribution in [1.29, 1.82) is 0 Å². The highest BCUT2D eigenvalue weighted by Gasteiger charge is 2.39. The Morgan fingerprint density at radius 3 is 2.29 bits per heavy atom. The normalized spacial score (nSPS) is 28.1. The lowest BCUT2D eigenvalue weighted by Gasteiger charge is -2.37. The van der Waals surface area contributed by atoms with E-state index in [0.29, 0.717) is 6.54 Å². The van der Waals surface area contributed by atoms with Gasteiger partial charge in [0.15, 0.2) is 0 Å². The highest BCUT2D eigenvalue weighted by atomic mass is 16.4. The van der Waals surface area contributed by atoms with Crippen molar-refractivity contribution >= 4 is 11.9 Å². The van der Waals surface area contributed by atoms with Gasteiger partial charge in [0.25, 0.3) is 0 Å². The predicted octanol–water partition coefficient (Wildman–Crippen LogP) is 0.648. The predicted molar refractivity (Wildman–Crippen MR) is 64.7 cm³/mol. The number of carbonyl (C=O) groups is 2. The fourth-order valence-electron chi connectivity index (χ4n) is 2.05. The zero-order valence-corrected chi connectivity index (χ0v) is 11.2. The molecule has 1 fully saturated rings. The van der Waals surface area contributed by atoms with E-state index in [-0.39, 0.29) is 24.0 Å². The quantitative estimate of drug-likeness (QED) is 0.733. The fourth-order valence-corrected chi connectivity index (χ4v) is 2.05. The molecule has 1 amide bonds. The molecule has 2 unspecified atom stereocenters. The molecule has 5 heteroatoms. The van der Waals surface area contributed by atoms with Crippen LogP contribution in [0.5, 0.6) is 0 Å². The first kappa shape index (κ1) is 14.0. The van der Waals surface area contributed by atoms with Crippen molar-refractivity contribution in [2.45, 2.75) is 39.3 Å². The Labute approximate surface area is 102 Å². The summed E-state index contributed by atoms with van der Waals surface area (Å²) in [5.74, 6) is -1.36. The lowest BCUT2D eigenvalue weighted by Crippen LogP contribution is -2.51. The lowest BCUT2D eigenvalue weighted by molar-refractivity contribution is -0.144. The number of amides is 1. The van der Waals surface area contributed by atoms with E-state index in [4.69, 9.17) is 0 Å². The number of nitrogens with zero attached hydrogens (tertiary/aromatic N) is 2. The van der Waals surface area contributed by atoms with Crippen LogP contribution >= 0.6 is 0 Å². The van der Waals surface area contributed by atoms with Gasteiger partial charge in [0, 0.05) is 18.6 Å². The smallest absolute Gasteiger partial charge is 0.309 e. The topological polar surface area (TPSA) is 60.9 Å². The minimum atomic E-state index is -0.840. The molecule has 5 nitrogen and oxygen atoms in total. The Balaban J connectivity index is 3.04. The van der Waals surface area contributed by atoms with E-state index in [9.17, 15) is 14.7 Å². The first-order chi connectivity index (χ1) is 7.64. The molecule has 1 saturated heterocycles. The van der Waals surface area contributed by atoms with Gasteiger partial charge >= 0.3 is 5.97 Å². The lowest BCUT2D eigenvalue weighted by atomic mass is 10.0. The molecular formula is C12H22N2O3. The van der Waals surface area contributed by atoms with E-state index in [2.05, 4.69) is 0 Å². The van der Waals surface area contributed by atoms with Gasteiger partial charge in [-0.25, -0.2) is 0 Å². The number of carbonyl (C=O) groups excluding carboxylic acids is 1. The fraction of sp³-hybridized carbons (Fsp3) is 0.833. The summed E-state index contributed by atoms with van der Waals surface area (Å²) >= 11 is 0. The molecule has 98 valence electrons. The van der Waals surface area contributed by atoms with Gasteiger partial charge in [-0.2, -0.15) is 0 Å². The summed E-state index contributed by atoms with van der Waals surface area (Å²) in [7, 11) is 1.80. The Bertz CT molecular complexity index is 322. The van der Waals surface area contributed by atoms with Gasteiger partial charge in [0.1, 0.15) is 0 Å². The van der Waals surface area contributed by atoms with Crippen LogP contribution in [0.4, 0.5) is 0 Å². The van der Waals surface area contributed by atoms with Crippen LogP contribution in [0.15, 0.2) is 0 Å². The summed E-state index contributed by atoms with van der Waals surface area (Å²) in [5.41, 5.74) is -0.343. The molecule has 1 aliphatic rings. The first-order valence-electron chi connectivity index (χ1n) is 5.89. The van der Waals surface area contributed by atoms with Crippen LogP contribution in [-0.4, -0.2) is 58.5 Å². The van der Waals surface area contributed by atoms with Crippen molar-refractivity contribution in [3.63, 3.8) is 0 Å². The Morgan fingerprint density at radius 2 is 1.88 bits per heavy atom. The summed E-state index contributed by atoms with van der Waals surface area (Å²) in [6, 6.07) is -0.265. The number of likely N-dealkylation sites (N-methyl/N-ethyl adjacent to an activating group) is 1. The van der Waals surface area contributed by atoms with Crippen LogP contribution in [0, 0.1) is 5.92 Å². The van der Waals surface area contributed by atoms with Gasteiger partial charge < -0.3 is 10.0 Å². The van der Waals surface area contributed by atoms with Gasteiger partial charge in [-0.05, 0) is 34.7 Å². The van der Waals surface area contributed by atoms with Crippen LogP contribution in [0.3, 0.4) is 0 Å². The molecule has 1 rings (SSSR count). The molecule has 1 aliphatic heterocycles. The highest BCUT2D eigenvalue weighted by molar-refractivity contribution is 5.83. The molecule has 2 atom stereocenters. The molecule has 0 aliphatic carbocycles. The van der Waals surface area contributed by atoms with E-state index in [0.717, 1.165) is 0 Å². The van der Waals surface area contributed by atoms with E-state index < -0.39 is 11.9 Å². The van der Waals surface area contributed by atoms with E-state index >= 15 is 0 Å². The standard InChI is InChI=1S/C12H22N2O3/c1-8-10(15)14(12(2,3)4)7-9(11(16)17)6-13(8)5/h8-9H,6-7H2,1-5H3,(H,16,17). The maximum absolute atomic E-state index is 12.3. The van der Waals surface area contributed by atoms with Gasteiger partial charge in [0.2, 0.25) is 5.91 Å². The monoisotopic (exact) mass is 242 g/mol. The van der Waals surface area contributed by atoms with Crippen LogP contribution in [-0.2, 0) is 9.59 Å². The molecule has 0 aromatic heterocycles. The van der Waals surface area contributed by atoms with Crippen molar-refractivity contribution in [3.05, 3.63) is 0 Å². The number of carboxylic acids is 1. The first-order valence-corrected chi connectivity index (χ1v) is 5.89. The molecule has 0 aromatic carbocycles. The van der Waals surface area contributed by atoms with Crippen molar-refractivity contribution in [3.8, 4) is 0 Å². The van der Waals surface area contributed by atoms with E-state index in [1.165, 1.54) is 0 Å². The number of rotatable bonds is 1. The van der Waals surface area contributed by atoms with Gasteiger partial charge in [-0.1, -0.05) is 0 Å². The van der Waals surface area contributed by atoms with Crippen LogP contribution in [0.1, 0.15) is 27.7 Å². The Hall–Kier alpha value is -1.10. The average molecular weight is 242 g/mol. The second kappa shape index (κ2) is 4.64. The zero-order chi connectivity index (χ0) is 13.4. The number of aliphatic carboxylic acids is 1. The average Bonchev–Trinajstić information content (AvgIpc) is 2.28. The summed E-state index contributed by atoms with van der Waals surface area (Å²) < 4.78 is 0. The number of hydrogen-bond donors (Lipinski definition) is 1. The van der Waals surface area contributed by atoms with Gasteiger partial charge in [-0.15, -0.1) is 0 Å². The summed E-state index contributed by atoms with van der Waals surface area (Å²) in [6.45, 7) is 8.32. The Kier molecular flexibility index (Phi) is 3.81. The minimum Gasteiger partial charge on any atom is -0.481 e. The minimum absolute atomic E-state index is 0.00347. The highest BCUT2D eigenvalue weighted by Crippen LogP contribution is 2.22. The molecule has 0 spiro atoms. The van der Waals surface area contributed by atoms with Crippen LogP contribution < -0.4 is 0 Å². The maximum Gasteiger partial charge on any atom is 0.309 e. The summed E-state index contributed by atoms with van der Waals surface area (Å²) in [5, 5.41) is 9.17. The maximum atomic E-state index is 12.3. The molecule has 0 aromatic rings. The summed E-state index contributed by atoms with van der Waals surface area (Å²) in [6.07, 6.45) is 0.